The first-order chi connectivity index (χ1) is 12.7. The van der Waals surface area contributed by atoms with E-state index in [-0.39, 0.29) is 11.4 Å². The van der Waals surface area contributed by atoms with Crippen LogP contribution in [0.2, 0.25) is 0 Å². The van der Waals surface area contributed by atoms with Gasteiger partial charge < -0.3 is 0 Å². The van der Waals surface area contributed by atoms with Crippen molar-refractivity contribution in [3.63, 3.8) is 0 Å². The lowest BCUT2D eigenvalue weighted by Gasteiger charge is -2.38. The van der Waals surface area contributed by atoms with E-state index in [9.17, 15) is 4.39 Å². The number of halogens is 1. The van der Waals surface area contributed by atoms with Crippen molar-refractivity contribution in [3.8, 4) is 6.07 Å². The summed E-state index contributed by atoms with van der Waals surface area (Å²) in [5.41, 5.74) is 1.26. The largest absolute Gasteiger partial charge is 0.206 e. The number of nitrogens with zero attached hydrogens (tertiary/aromatic N) is 1. The van der Waals surface area contributed by atoms with Crippen LogP contribution in [0.4, 0.5) is 4.39 Å². The van der Waals surface area contributed by atoms with Gasteiger partial charge in [-0.25, -0.2) is 4.39 Å². The average Bonchev–Trinajstić information content (AvgIpc) is 2.69. The van der Waals surface area contributed by atoms with E-state index in [1.807, 2.05) is 12.1 Å². The zero-order chi connectivity index (χ0) is 18.4. The van der Waals surface area contributed by atoms with Crippen LogP contribution in [0, 0.1) is 34.9 Å². The summed E-state index contributed by atoms with van der Waals surface area (Å²) in [6, 6.07) is 7.14. The predicted molar refractivity (Wildman–Crippen MR) is 105 cm³/mol. The van der Waals surface area contributed by atoms with Gasteiger partial charge in [0, 0.05) is 0 Å². The van der Waals surface area contributed by atoms with Gasteiger partial charge >= 0.3 is 0 Å². The Balaban J connectivity index is 1.44. The number of hydrogen-bond donors (Lipinski definition) is 0. The molecule has 0 N–H and O–H groups in total. The Morgan fingerprint density at radius 3 is 2.19 bits per heavy atom. The first-order valence-corrected chi connectivity index (χ1v) is 10.9. The summed E-state index contributed by atoms with van der Waals surface area (Å²) in [7, 11) is 0. The molecular weight excluding hydrogens is 321 g/mol. The molecule has 2 aliphatic carbocycles. The SMILES string of the molecule is CCCCCC1CCC(C2CCC(c3ccc(C#N)c(F)c3)CC2)CC1. The molecule has 3 rings (SSSR count). The van der Waals surface area contributed by atoms with Crippen molar-refractivity contribution in [2.75, 3.05) is 0 Å². The highest BCUT2D eigenvalue weighted by Crippen LogP contribution is 2.44. The van der Waals surface area contributed by atoms with Crippen LogP contribution < -0.4 is 0 Å². The molecule has 0 amide bonds. The summed E-state index contributed by atoms with van der Waals surface area (Å²) in [4.78, 5) is 0. The van der Waals surface area contributed by atoms with Crippen LogP contribution >= 0.6 is 0 Å². The Labute approximate surface area is 159 Å². The first kappa shape index (κ1) is 19.4. The summed E-state index contributed by atoms with van der Waals surface area (Å²) in [6.07, 6.45) is 16.4. The third-order valence-corrected chi connectivity index (χ3v) is 7.13. The molecule has 0 aromatic heterocycles. The minimum absolute atomic E-state index is 0.165. The predicted octanol–water partition coefficient (Wildman–Crippen LogP) is 7.36. The highest BCUT2D eigenvalue weighted by atomic mass is 19.1. The lowest BCUT2D eigenvalue weighted by Crippen LogP contribution is -2.25. The van der Waals surface area contributed by atoms with E-state index in [1.165, 1.54) is 77.0 Å². The molecule has 0 spiro atoms. The summed E-state index contributed by atoms with van der Waals surface area (Å²) < 4.78 is 13.9. The van der Waals surface area contributed by atoms with E-state index >= 15 is 0 Å². The van der Waals surface area contributed by atoms with Crippen LogP contribution in [0.25, 0.3) is 0 Å². The lowest BCUT2D eigenvalue weighted by molar-refractivity contribution is 0.155. The number of nitriles is 1. The third kappa shape index (κ3) is 4.87. The quantitative estimate of drug-likeness (QED) is 0.489. The van der Waals surface area contributed by atoms with Gasteiger partial charge in [-0.15, -0.1) is 0 Å². The Kier molecular flexibility index (Phi) is 7.12. The summed E-state index contributed by atoms with van der Waals surface area (Å²) in [5, 5.41) is 8.89. The Hall–Kier alpha value is -1.36. The molecule has 0 aliphatic heterocycles. The average molecular weight is 356 g/mol. The fourth-order valence-corrected chi connectivity index (χ4v) is 5.43. The molecule has 0 saturated heterocycles. The van der Waals surface area contributed by atoms with Crippen molar-refractivity contribution in [1.29, 1.82) is 5.26 Å². The second-order valence-corrected chi connectivity index (χ2v) is 8.74. The summed E-state index contributed by atoms with van der Waals surface area (Å²) in [6.45, 7) is 2.29. The number of benzene rings is 1. The van der Waals surface area contributed by atoms with Crippen molar-refractivity contribution in [3.05, 3.63) is 35.1 Å². The fourth-order valence-electron chi connectivity index (χ4n) is 5.43. The molecule has 1 aromatic rings. The van der Waals surface area contributed by atoms with Crippen LogP contribution in [0.3, 0.4) is 0 Å². The van der Waals surface area contributed by atoms with E-state index < -0.39 is 0 Å². The molecular formula is C24H34FN. The van der Waals surface area contributed by atoms with Crippen LogP contribution in [0.15, 0.2) is 18.2 Å². The van der Waals surface area contributed by atoms with E-state index in [4.69, 9.17) is 5.26 Å². The van der Waals surface area contributed by atoms with Crippen molar-refractivity contribution in [2.45, 2.75) is 89.9 Å². The van der Waals surface area contributed by atoms with Crippen molar-refractivity contribution in [1.82, 2.24) is 0 Å². The Bertz CT molecular complexity index is 601. The summed E-state index contributed by atoms with van der Waals surface area (Å²) in [5.74, 6) is 2.96. The molecule has 0 radical (unpaired) electrons. The normalized spacial score (nSPS) is 29.3. The smallest absolute Gasteiger partial charge is 0.141 e. The molecule has 2 saturated carbocycles. The van der Waals surface area contributed by atoms with E-state index in [0.717, 1.165) is 23.3 Å². The van der Waals surface area contributed by atoms with Gasteiger partial charge in [-0.05, 0) is 79.9 Å². The molecule has 0 bridgehead atoms. The first-order valence-electron chi connectivity index (χ1n) is 10.9. The standard InChI is InChI=1S/C24H34FN/c1-2-3-4-5-18-6-8-19(9-7-18)20-10-12-21(13-11-20)22-14-15-23(17-26)24(25)16-22/h14-16,18-21H,2-13H2,1H3. The van der Waals surface area contributed by atoms with E-state index in [0.29, 0.717) is 5.92 Å². The van der Waals surface area contributed by atoms with Crippen LogP contribution in [0.1, 0.15) is 101 Å². The fraction of sp³-hybridized carbons (Fsp3) is 0.708. The molecule has 2 aliphatic rings. The van der Waals surface area contributed by atoms with E-state index in [2.05, 4.69) is 6.92 Å². The van der Waals surface area contributed by atoms with Crippen LogP contribution in [-0.2, 0) is 0 Å². The Morgan fingerprint density at radius 1 is 0.962 bits per heavy atom. The lowest BCUT2D eigenvalue weighted by atomic mass is 9.68. The van der Waals surface area contributed by atoms with Crippen LogP contribution in [-0.4, -0.2) is 0 Å². The maximum Gasteiger partial charge on any atom is 0.141 e. The Morgan fingerprint density at radius 2 is 1.62 bits per heavy atom. The van der Waals surface area contributed by atoms with Gasteiger partial charge in [0.1, 0.15) is 11.9 Å². The zero-order valence-corrected chi connectivity index (χ0v) is 16.4. The van der Waals surface area contributed by atoms with Crippen LogP contribution in [0.5, 0.6) is 0 Å². The van der Waals surface area contributed by atoms with Gasteiger partial charge in [0.2, 0.25) is 0 Å². The monoisotopic (exact) mass is 355 g/mol. The van der Waals surface area contributed by atoms with Gasteiger partial charge in [-0.3, -0.25) is 0 Å². The second kappa shape index (κ2) is 9.54. The maximum atomic E-state index is 13.9. The molecule has 2 fully saturated rings. The molecule has 1 nitrogen and oxygen atoms in total. The molecule has 1 aromatic carbocycles. The highest BCUT2D eigenvalue weighted by molar-refractivity contribution is 5.34. The molecule has 142 valence electrons. The van der Waals surface area contributed by atoms with Crippen molar-refractivity contribution >= 4 is 0 Å². The van der Waals surface area contributed by atoms with Gasteiger partial charge in [0.05, 0.1) is 5.56 Å². The van der Waals surface area contributed by atoms with Gasteiger partial charge in [-0.2, -0.15) is 5.26 Å². The minimum atomic E-state index is -0.353. The molecule has 2 heteroatoms. The highest BCUT2D eigenvalue weighted by Gasteiger charge is 2.31. The minimum Gasteiger partial charge on any atom is -0.206 e. The summed E-state index contributed by atoms with van der Waals surface area (Å²) >= 11 is 0. The molecule has 0 unspecified atom stereocenters. The molecule has 0 atom stereocenters. The van der Waals surface area contributed by atoms with Crippen molar-refractivity contribution in [2.24, 2.45) is 17.8 Å². The number of hydrogen-bond acceptors (Lipinski definition) is 1. The number of rotatable bonds is 6. The third-order valence-electron chi connectivity index (χ3n) is 7.13. The maximum absolute atomic E-state index is 13.9. The van der Waals surface area contributed by atoms with Gasteiger partial charge in [0.15, 0.2) is 0 Å². The second-order valence-electron chi connectivity index (χ2n) is 8.74. The topological polar surface area (TPSA) is 23.8 Å². The van der Waals surface area contributed by atoms with Gasteiger partial charge in [-0.1, -0.05) is 51.5 Å². The zero-order valence-electron chi connectivity index (χ0n) is 16.4. The molecule has 0 heterocycles. The van der Waals surface area contributed by atoms with E-state index in [1.54, 1.807) is 12.1 Å². The number of unbranched alkanes of at least 4 members (excludes halogenated alkanes) is 2. The van der Waals surface area contributed by atoms with Crippen molar-refractivity contribution < 1.29 is 4.39 Å². The van der Waals surface area contributed by atoms with Gasteiger partial charge in [0.25, 0.3) is 0 Å². The molecule has 26 heavy (non-hydrogen) atoms.